The molecule has 1 N–H and O–H groups in total. The molecule has 1 amide bonds. The minimum absolute atomic E-state index is 0.149. The molecule has 29 heavy (non-hydrogen) atoms. The SMILES string of the molecule is CSc1cccc(NC(=O)Cn2nc3c(N4CCCCCC4)nccn3c2=O)c1. The van der Waals surface area contributed by atoms with Crippen LogP contribution in [0.2, 0.25) is 0 Å². The molecule has 0 radical (unpaired) electrons. The average Bonchev–Trinajstić information content (AvgIpc) is 2.90. The number of aromatic nitrogens is 4. The Morgan fingerprint density at radius 3 is 2.76 bits per heavy atom. The van der Waals surface area contributed by atoms with Crippen molar-refractivity contribution < 1.29 is 4.79 Å². The number of hydrogen-bond donors (Lipinski definition) is 1. The maximum Gasteiger partial charge on any atom is 0.350 e. The molecule has 1 aliphatic rings. The molecule has 152 valence electrons. The fourth-order valence-electron chi connectivity index (χ4n) is 3.58. The molecule has 0 spiro atoms. The monoisotopic (exact) mass is 412 g/mol. The highest BCUT2D eigenvalue weighted by molar-refractivity contribution is 7.98. The van der Waals surface area contributed by atoms with Gasteiger partial charge in [0.1, 0.15) is 6.54 Å². The number of nitrogens with one attached hydrogen (secondary N) is 1. The summed E-state index contributed by atoms with van der Waals surface area (Å²) in [7, 11) is 0. The normalized spacial score (nSPS) is 14.7. The molecule has 0 saturated carbocycles. The maximum atomic E-state index is 12.8. The highest BCUT2D eigenvalue weighted by atomic mass is 32.2. The fraction of sp³-hybridized carbons (Fsp3) is 0.400. The predicted octanol–water partition coefficient (Wildman–Crippen LogP) is 2.63. The van der Waals surface area contributed by atoms with Gasteiger partial charge in [-0.3, -0.25) is 4.79 Å². The van der Waals surface area contributed by atoms with Gasteiger partial charge in [0.15, 0.2) is 5.82 Å². The summed E-state index contributed by atoms with van der Waals surface area (Å²) in [6.45, 7) is 1.66. The van der Waals surface area contributed by atoms with E-state index in [1.807, 2.05) is 30.5 Å². The third kappa shape index (κ3) is 4.29. The fourth-order valence-corrected chi connectivity index (χ4v) is 4.04. The first kappa shape index (κ1) is 19.5. The van der Waals surface area contributed by atoms with Crippen molar-refractivity contribution in [3.05, 3.63) is 47.1 Å². The van der Waals surface area contributed by atoms with Crippen molar-refractivity contribution in [2.75, 3.05) is 29.6 Å². The van der Waals surface area contributed by atoms with E-state index >= 15 is 0 Å². The minimum atomic E-state index is -0.341. The van der Waals surface area contributed by atoms with Gasteiger partial charge in [-0.05, 0) is 37.3 Å². The predicted molar refractivity (Wildman–Crippen MR) is 115 cm³/mol. The maximum absolute atomic E-state index is 12.8. The van der Waals surface area contributed by atoms with Gasteiger partial charge in [-0.25, -0.2) is 18.9 Å². The smallest absolute Gasteiger partial charge is 0.350 e. The van der Waals surface area contributed by atoms with E-state index in [-0.39, 0.29) is 18.1 Å². The minimum Gasteiger partial charge on any atom is -0.353 e. The number of rotatable bonds is 5. The Hall–Kier alpha value is -2.81. The quantitative estimate of drug-likeness (QED) is 0.649. The molecule has 1 fully saturated rings. The highest BCUT2D eigenvalue weighted by Gasteiger charge is 2.19. The summed E-state index contributed by atoms with van der Waals surface area (Å²) in [4.78, 5) is 33.0. The Balaban J connectivity index is 1.57. The van der Waals surface area contributed by atoms with E-state index in [4.69, 9.17) is 0 Å². The molecular weight excluding hydrogens is 388 g/mol. The van der Waals surface area contributed by atoms with Crippen LogP contribution in [-0.4, -0.2) is 44.4 Å². The first-order valence-electron chi connectivity index (χ1n) is 9.79. The van der Waals surface area contributed by atoms with Crippen LogP contribution in [0.4, 0.5) is 11.5 Å². The van der Waals surface area contributed by atoms with Crippen LogP contribution in [0.1, 0.15) is 25.7 Å². The number of carbonyl (C=O) groups is 1. The molecule has 3 heterocycles. The van der Waals surface area contributed by atoms with Crippen LogP contribution < -0.4 is 15.9 Å². The van der Waals surface area contributed by atoms with Gasteiger partial charge in [-0.2, -0.15) is 0 Å². The van der Waals surface area contributed by atoms with Crippen LogP contribution in [0.15, 0.2) is 46.3 Å². The molecule has 0 aliphatic carbocycles. The molecule has 4 rings (SSSR count). The Morgan fingerprint density at radius 2 is 2.00 bits per heavy atom. The van der Waals surface area contributed by atoms with Crippen molar-refractivity contribution in [2.24, 2.45) is 0 Å². The summed E-state index contributed by atoms with van der Waals surface area (Å²) in [5, 5.41) is 7.27. The van der Waals surface area contributed by atoms with Crippen LogP contribution in [0, 0.1) is 0 Å². The van der Waals surface area contributed by atoms with E-state index in [1.165, 1.54) is 21.9 Å². The molecule has 1 aliphatic heterocycles. The van der Waals surface area contributed by atoms with E-state index in [1.54, 1.807) is 24.2 Å². The molecule has 8 nitrogen and oxygen atoms in total. The molecule has 0 atom stereocenters. The summed E-state index contributed by atoms with van der Waals surface area (Å²) in [6.07, 6.45) is 9.82. The Bertz CT molecular complexity index is 1070. The zero-order valence-corrected chi connectivity index (χ0v) is 17.2. The van der Waals surface area contributed by atoms with Crippen LogP contribution in [0.3, 0.4) is 0 Å². The molecule has 0 bridgehead atoms. The first-order valence-corrected chi connectivity index (χ1v) is 11.0. The van der Waals surface area contributed by atoms with Gasteiger partial charge in [0.25, 0.3) is 0 Å². The van der Waals surface area contributed by atoms with Gasteiger partial charge in [0.05, 0.1) is 0 Å². The standard InChI is InChI=1S/C20H24N6O2S/c1-29-16-8-6-7-15(13-16)22-17(27)14-26-20(28)25-12-9-21-18(19(25)23-26)24-10-4-2-3-5-11-24/h6-9,12-13H,2-5,10-11,14H2,1H3,(H,22,27). The van der Waals surface area contributed by atoms with Crippen molar-refractivity contribution in [2.45, 2.75) is 37.1 Å². The van der Waals surface area contributed by atoms with E-state index < -0.39 is 0 Å². The lowest BCUT2D eigenvalue weighted by molar-refractivity contribution is -0.117. The van der Waals surface area contributed by atoms with Crippen LogP contribution in [0.25, 0.3) is 5.65 Å². The summed E-state index contributed by atoms with van der Waals surface area (Å²) in [5.74, 6) is 0.413. The van der Waals surface area contributed by atoms with Gasteiger partial charge in [-0.15, -0.1) is 16.9 Å². The number of anilines is 2. The Labute approximate surface area is 172 Å². The van der Waals surface area contributed by atoms with Crippen LogP contribution in [-0.2, 0) is 11.3 Å². The number of hydrogen-bond acceptors (Lipinski definition) is 6. The van der Waals surface area contributed by atoms with Gasteiger partial charge in [0.2, 0.25) is 11.6 Å². The van der Waals surface area contributed by atoms with Gasteiger partial charge in [0, 0.05) is 36.1 Å². The molecule has 1 aromatic carbocycles. The van der Waals surface area contributed by atoms with Crippen molar-refractivity contribution in [1.29, 1.82) is 0 Å². The molecular formula is C20H24N6O2S. The first-order chi connectivity index (χ1) is 14.2. The molecule has 3 aromatic rings. The van der Waals surface area contributed by atoms with E-state index in [0.29, 0.717) is 17.2 Å². The van der Waals surface area contributed by atoms with Gasteiger partial charge < -0.3 is 10.2 Å². The zero-order chi connectivity index (χ0) is 20.2. The number of fused-ring (bicyclic) bond motifs is 1. The Morgan fingerprint density at radius 1 is 1.21 bits per heavy atom. The number of nitrogens with zero attached hydrogens (tertiary/aromatic N) is 5. The third-order valence-corrected chi connectivity index (χ3v) is 5.76. The molecule has 2 aromatic heterocycles. The van der Waals surface area contributed by atoms with E-state index in [9.17, 15) is 9.59 Å². The third-order valence-electron chi connectivity index (χ3n) is 5.04. The molecule has 9 heteroatoms. The van der Waals surface area contributed by atoms with E-state index in [0.717, 1.165) is 30.8 Å². The largest absolute Gasteiger partial charge is 0.353 e. The van der Waals surface area contributed by atoms with Crippen molar-refractivity contribution in [3.63, 3.8) is 0 Å². The van der Waals surface area contributed by atoms with Gasteiger partial charge in [-0.1, -0.05) is 18.9 Å². The second-order valence-electron chi connectivity index (χ2n) is 7.07. The number of benzene rings is 1. The number of thioether (sulfide) groups is 1. The summed E-state index contributed by atoms with van der Waals surface area (Å²) >= 11 is 1.60. The zero-order valence-electron chi connectivity index (χ0n) is 16.4. The Kier molecular flexibility index (Phi) is 5.84. The lowest BCUT2D eigenvalue weighted by atomic mass is 10.2. The summed E-state index contributed by atoms with van der Waals surface area (Å²) in [5.41, 5.74) is 0.855. The lowest BCUT2D eigenvalue weighted by Gasteiger charge is -2.20. The van der Waals surface area contributed by atoms with Crippen LogP contribution in [0.5, 0.6) is 0 Å². The summed E-state index contributed by atoms with van der Waals surface area (Å²) in [6, 6.07) is 7.59. The van der Waals surface area contributed by atoms with Crippen LogP contribution >= 0.6 is 11.8 Å². The summed E-state index contributed by atoms with van der Waals surface area (Å²) < 4.78 is 2.67. The average molecular weight is 413 g/mol. The number of carbonyl (C=O) groups excluding carboxylic acids is 1. The molecule has 0 unspecified atom stereocenters. The number of amides is 1. The van der Waals surface area contributed by atoms with Crippen molar-refractivity contribution in [3.8, 4) is 0 Å². The highest BCUT2D eigenvalue weighted by Crippen LogP contribution is 2.21. The van der Waals surface area contributed by atoms with E-state index in [2.05, 4.69) is 20.3 Å². The lowest BCUT2D eigenvalue weighted by Crippen LogP contribution is -2.28. The molecule has 1 saturated heterocycles. The topological polar surface area (TPSA) is 84.5 Å². The second-order valence-corrected chi connectivity index (χ2v) is 7.95. The second kappa shape index (κ2) is 8.69. The van der Waals surface area contributed by atoms with Gasteiger partial charge >= 0.3 is 5.69 Å². The van der Waals surface area contributed by atoms with Crippen molar-refractivity contribution in [1.82, 2.24) is 19.2 Å². The van der Waals surface area contributed by atoms with Crippen molar-refractivity contribution >= 4 is 34.8 Å².